The standard InChI is InChI=1S/C21H28F3N7OS/c1-14-9-15(13-32)3-8-31(14)33-30-6-4-17(5-7-30)27-20-25-11-18(21(22,23)24)19(28-20)16-10-26-29(2)12-16/h10-15,17H,3-9H2,1-2H3,(H,25,27,28). The lowest BCUT2D eigenvalue weighted by Gasteiger charge is -2.39. The van der Waals surface area contributed by atoms with E-state index < -0.39 is 11.7 Å². The Kier molecular flexibility index (Phi) is 7.25. The number of carbonyl (C=O) groups is 1. The fourth-order valence-electron chi connectivity index (χ4n) is 4.27. The van der Waals surface area contributed by atoms with Crippen LogP contribution in [0.5, 0.6) is 0 Å². The van der Waals surface area contributed by atoms with Crippen molar-refractivity contribution in [1.29, 1.82) is 0 Å². The molecule has 2 saturated heterocycles. The molecule has 2 unspecified atom stereocenters. The van der Waals surface area contributed by atoms with Gasteiger partial charge in [0.15, 0.2) is 0 Å². The monoisotopic (exact) mass is 483 g/mol. The molecule has 33 heavy (non-hydrogen) atoms. The third-order valence-electron chi connectivity index (χ3n) is 6.13. The highest BCUT2D eigenvalue weighted by atomic mass is 32.2. The lowest BCUT2D eigenvalue weighted by Crippen LogP contribution is -2.42. The molecule has 2 atom stereocenters. The minimum absolute atomic E-state index is 0.0820. The third-order valence-corrected chi connectivity index (χ3v) is 7.48. The van der Waals surface area contributed by atoms with Crippen LogP contribution in [-0.4, -0.2) is 66.4 Å². The molecule has 1 N–H and O–H groups in total. The first kappa shape index (κ1) is 24.0. The minimum Gasteiger partial charge on any atom is -0.351 e. The number of rotatable bonds is 6. The molecular formula is C21H28F3N7OS. The SMILES string of the molecule is CC1CC(C=O)CCN1SN1CCC(Nc2ncc(C(F)(F)F)c(-c3cnn(C)c3)n2)CC1. The summed E-state index contributed by atoms with van der Waals surface area (Å²) in [6.45, 7) is 4.74. The molecule has 8 nitrogen and oxygen atoms in total. The topological polar surface area (TPSA) is 79.2 Å². The summed E-state index contributed by atoms with van der Waals surface area (Å²) < 4.78 is 46.5. The van der Waals surface area contributed by atoms with Gasteiger partial charge >= 0.3 is 6.18 Å². The van der Waals surface area contributed by atoms with Gasteiger partial charge in [-0.25, -0.2) is 18.6 Å². The van der Waals surface area contributed by atoms with Crippen LogP contribution >= 0.6 is 12.1 Å². The normalized spacial score (nSPS) is 23.5. The molecule has 4 heterocycles. The van der Waals surface area contributed by atoms with Crippen molar-refractivity contribution < 1.29 is 18.0 Å². The highest BCUT2D eigenvalue weighted by Crippen LogP contribution is 2.36. The molecule has 0 saturated carbocycles. The number of alkyl halides is 3. The first-order valence-corrected chi connectivity index (χ1v) is 11.8. The lowest BCUT2D eigenvalue weighted by atomic mass is 9.95. The summed E-state index contributed by atoms with van der Waals surface area (Å²) >= 11 is 1.73. The zero-order valence-electron chi connectivity index (χ0n) is 18.6. The van der Waals surface area contributed by atoms with E-state index in [1.807, 2.05) is 0 Å². The minimum atomic E-state index is -4.55. The van der Waals surface area contributed by atoms with Crippen molar-refractivity contribution >= 4 is 24.4 Å². The average Bonchev–Trinajstić information content (AvgIpc) is 3.22. The Hall–Kier alpha value is -2.18. The number of piperidine rings is 2. The van der Waals surface area contributed by atoms with Gasteiger partial charge in [0.05, 0.1) is 11.9 Å². The largest absolute Gasteiger partial charge is 0.419 e. The molecule has 0 amide bonds. The van der Waals surface area contributed by atoms with Crippen LogP contribution in [0.2, 0.25) is 0 Å². The van der Waals surface area contributed by atoms with Gasteiger partial charge in [0.2, 0.25) is 5.95 Å². The van der Waals surface area contributed by atoms with Gasteiger partial charge in [-0.15, -0.1) is 0 Å². The van der Waals surface area contributed by atoms with Crippen molar-refractivity contribution in [1.82, 2.24) is 28.4 Å². The van der Waals surface area contributed by atoms with Gasteiger partial charge in [-0.1, -0.05) is 0 Å². The summed E-state index contributed by atoms with van der Waals surface area (Å²) in [5.41, 5.74) is -0.748. The molecule has 2 aromatic heterocycles. The van der Waals surface area contributed by atoms with Gasteiger partial charge in [0, 0.05) is 74.8 Å². The number of nitrogens with zero attached hydrogens (tertiary/aromatic N) is 6. The number of aromatic nitrogens is 4. The molecule has 0 bridgehead atoms. The number of hydrogen-bond donors (Lipinski definition) is 1. The van der Waals surface area contributed by atoms with Crippen LogP contribution in [0.15, 0.2) is 18.6 Å². The predicted molar refractivity (Wildman–Crippen MR) is 120 cm³/mol. The van der Waals surface area contributed by atoms with E-state index >= 15 is 0 Å². The van der Waals surface area contributed by atoms with Gasteiger partial charge in [0.1, 0.15) is 11.8 Å². The molecule has 0 aromatic carbocycles. The summed E-state index contributed by atoms with van der Waals surface area (Å²) in [6.07, 6.45) is 3.68. The molecule has 2 aliphatic heterocycles. The van der Waals surface area contributed by atoms with Crippen LogP contribution in [0.4, 0.5) is 19.1 Å². The maximum Gasteiger partial charge on any atom is 0.419 e. The Balaban J connectivity index is 1.36. The van der Waals surface area contributed by atoms with Crippen molar-refractivity contribution in [2.45, 2.75) is 50.9 Å². The van der Waals surface area contributed by atoms with Crippen molar-refractivity contribution in [3.05, 3.63) is 24.2 Å². The Morgan fingerprint density at radius 1 is 1.18 bits per heavy atom. The van der Waals surface area contributed by atoms with E-state index in [4.69, 9.17) is 0 Å². The summed E-state index contributed by atoms with van der Waals surface area (Å²) in [4.78, 5) is 19.2. The van der Waals surface area contributed by atoms with Gasteiger partial charge in [-0.05, 0) is 32.6 Å². The van der Waals surface area contributed by atoms with Gasteiger partial charge in [-0.3, -0.25) is 4.68 Å². The highest BCUT2D eigenvalue weighted by Gasteiger charge is 2.36. The maximum atomic E-state index is 13.5. The van der Waals surface area contributed by atoms with E-state index in [1.54, 1.807) is 19.2 Å². The van der Waals surface area contributed by atoms with Gasteiger partial charge in [0.25, 0.3) is 0 Å². The van der Waals surface area contributed by atoms with Crippen molar-refractivity contribution in [2.24, 2.45) is 13.0 Å². The second-order valence-corrected chi connectivity index (χ2v) is 9.84. The van der Waals surface area contributed by atoms with Crippen LogP contribution < -0.4 is 5.32 Å². The van der Waals surface area contributed by atoms with Crippen LogP contribution in [0, 0.1) is 5.92 Å². The molecule has 12 heteroatoms. The molecule has 180 valence electrons. The molecule has 0 spiro atoms. The number of anilines is 1. The van der Waals surface area contributed by atoms with Crippen LogP contribution in [0.1, 0.15) is 38.2 Å². The second-order valence-electron chi connectivity index (χ2n) is 8.70. The molecule has 2 aromatic rings. The summed E-state index contributed by atoms with van der Waals surface area (Å²) in [7, 11) is 1.65. The molecular weight excluding hydrogens is 455 g/mol. The first-order chi connectivity index (χ1) is 15.7. The summed E-state index contributed by atoms with van der Waals surface area (Å²) in [6, 6.07) is 0.430. The average molecular weight is 484 g/mol. The highest BCUT2D eigenvalue weighted by molar-refractivity contribution is 7.94. The summed E-state index contributed by atoms with van der Waals surface area (Å²) in [5.74, 6) is 0.351. The number of halogens is 3. The van der Waals surface area contributed by atoms with Crippen molar-refractivity contribution in [2.75, 3.05) is 25.0 Å². The molecule has 0 aliphatic carbocycles. The van der Waals surface area contributed by atoms with E-state index in [0.29, 0.717) is 11.6 Å². The Labute approximate surface area is 195 Å². The summed E-state index contributed by atoms with van der Waals surface area (Å²) in [5, 5.41) is 7.19. The molecule has 4 rings (SSSR count). The number of hydrogen-bond acceptors (Lipinski definition) is 8. The second kappa shape index (κ2) is 9.98. The number of aryl methyl sites for hydroxylation is 1. The zero-order valence-corrected chi connectivity index (χ0v) is 19.4. The van der Waals surface area contributed by atoms with E-state index in [0.717, 1.165) is 57.8 Å². The molecule has 2 fully saturated rings. The Morgan fingerprint density at radius 2 is 1.94 bits per heavy atom. The molecule has 0 radical (unpaired) electrons. The Morgan fingerprint density at radius 3 is 2.55 bits per heavy atom. The van der Waals surface area contributed by atoms with Crippen LogP contribution in [0.3, 0.4) is 0 Å². The first-order valence-electron chi connectivity index (χ1n) is 11.1. The van der Waals surface area contributed by atoms with Crippen molar-refractivity contribution in [3.63, 3.8) is 0 Å². The fraction of sp³-hybridized carbons (Fsp3) is 0.619. The third kappa shape index (κ3) is 5.85. The van der Waals surface area contributed by atoms with Crippen LogP contribution in [0.25, 0.3) is 11.3 Å². The molecule has 2 aliphatic rings. The quantitative estimate of drug-likeness (QED) is 0.493. The van der Waals surface area contributed by atoms with E-state index in [-0.39, 0.29) is 23.6 Å². The zero-order chi connectivity index (χ0) is 23.6. The van der Waals surface area contributed by atoms with Gasteiger partial charge < -0.3 is 10.1 Å². The number of nitrogens with one attached hydrogen (secondary N) is 1. The number of carbonyl (C=O) groups excluding carboxylic acids is 1. The maximum absolute atomic E-state index is 13.5. The van der Waals surface area contributed by atoms with Crippen molar-refractivity contribution in [3.8, 4) is 11.3 Å². The fourth-order valence-corrected chi connectivity index (χ4v) is 5.37. The van der Waals surface area contributed by atoms with Crippen LogP contribution in [-0.2, 0) is 18.0 Å². The Bertz CT molecular complexity index is 962. The lowest BCUT2D eigenvalue weighted by molar-refractivity contribution is -0.137. The van der Waals surface area contributed by atoms with E-state index in [1.165, 1.54) is 17.1 Å². The van der Waals surface area contributed by atoms with Gasteiger partial charge in [-0.2, -0.15) is 18.3 Å². The predicted octanol–water partition coefficient (Wildman–Crippen LogP) is 3.63. The van der Waals surface area contributed by atoms with E-state index in [2.05, 4.69) is 35.9 Å². The smallest absolute Gasteiger partial charge is 0.351 e. The number of aldehydes is 1. The van der Waals surface area contributed by atoms with E-state index in [9.17, 15) is 18.0 Å².